The van der Waals surface area contributed by atoms with E-state index in [1.165, 1.54) is 18.1 Å². The number of nitrogens with zero attached hydrogens (tertiary/aromatic N) is 5. The number of rotatable bonds is 5. The van der Waals surface area contributed by atoms with Crippen LogP contribution in [0.2, 0.25) is 5.02 Å². The molecule has 0 aliphatic heterocycles. The van der Waals surface area contributed by atoms with Crippen LogP contribution in [0, 0.1) is 0 Å². The largest absolute Gasteiger partial charge is 0.325 e. The highest BCUT2D eigenvalue weighted by Gasteiger charge is 2.14. The number of fused-ring (bicyclic) bond motifs is 1. The number of carbonyl (C=O) groups excluding carboxylic acids is 1. The highest BCUT2D eigenvalue weighted by atomic mass is 35.5. The van der Waals surface area contributed by atoms with Gasteiger partial charge in [0.1, 0.15) is 11.4 Å². The fourth-order valence-electron chi connectivity index (χ4n) is 2.47. The zero-order chi connectivity index (χ0) is 18.6. The first kappa shape index (κ1) is 17.4. The Kier molecular flexibility index (Phi) is 4.99. The molecule has 0 fully saturated rings. The number of carbonyl (C=O) groups is 1. The average Bonchev–Trinajstić information content (AvgIpc) is 3.12. The quantitative estimate of drug-likeness (QED) is 0.410. The minimum atomic E-state index is -0.163. The molecule has 4 rings (SSSR count). The van der Waals surface area contributed by atoms with E-state index in [4.69, 9.17) is 11.6 Å². The van der Waals surface area contributed by atoms with Gasteiger partial charge in [0.25, 0.3) is 0 Å². The van der Waals surface area contributed by atoms with Gasteiger partial charge in [-0.15, -0.1) is 5.10 Å². The number of aromatic nitrogens is 5. The number of thioether (sulfide) groups is 1. The van der Waals surface area contributed by atoms with Crippen LogP contribution in [-0.4, -0.2) is 36.6 Å². The Morgan fingerprint density at radius 3 is 2.78 bits per heavy atom. The number of anilines is 1. The van der Waals surface area contributed by atoms with Crippen LogP contribution in [0.4, 0.5) is 5.69 Å². The standard InChI is InChI=1S/C18H13ClN6OS/c19-12-5-4-6-13(9-12)22-15(26)10-27-18-16-17(20-11-21-18)25(24-23-16)14-7-2-1-3-8-14/h1-9,11H,10H2,(H,22,26). The first-order valence-corrected chi connectivity index (χ1v) is 9.37. The van der Waals surface area contributed by atoms with Crippen molar-refractivity contribution in [3.8, 4) is 5.69 Å². The van der Waals surface area contributed by atoms with E-state index in [0.717, 1.165) is 5.69 Å². The summed E-state index contributed by atoms with van der Waals surface area (Å²) < 4.78 is 1.65. The van der Waals surface area contributed by atoms with Crippen molar-refractivity contribution in [1.82, 2.24) is 25.0 Å². The number of amides is 1. The molecule has 0 aliphatic carbocycles. The van der Waals surface area contributed by atoms with Crippen LogP contribution in [0.5, 0.6) is 0 Å². The lowest BCUT2D eigenvalue weighted by Gasteiger charge is -2.05. The third kappa shape index (κ3) is 3.91. The van der Waals surface area contributed by atoms with Crippen molar-refractivity contribution in [2.45, 2.75) is 5.03 Å². The predicted molar refractivity (Wildman–Crippen MR) is 105 cm³/mol. The highest BCUT2D eigenvalue weighted by molar-refractivity contribution is 8.00. The van der Waals surface area contributed by atoms with Crippen LogP contribution in [0.1, 0.15) is 0 Å². The molecule has 4 aromatic rings. The Labute approximate surface area is 163 Å². The molecule has 2 aromatic carbocycles. The smallest absolute Gasteiger partial charge is 0.234 e. The van der Waals surface area contributed by atoms with Crippen LogP contribution in [0.15, 0.2) is 66.0 Å². The predicted octanol–water partition coefficient (Wildman–Crippen LogP) is 3.59. The third-order valence-corrected chi connectivity index (χ3v) is 4.87. The van der Waals surface area contributed by atoms with Gasteiger partial charge in [0.2, 0.25) is 5.91 Å². The van der Waals surface area contributed by atoms with E-state index < -0.39 is 0 Å². The molecular weight excluding hydrogens is 384 g/mol. The Balaban J connectivity index is 1.51. The molecule has 0 radical (unpaired) electrons. The Hall–Kier alpha value is -2.97. The minimum absolute atomic E-state index is 0.163. The highest BCUT2D eigenvalue weighted by Crippen LogP contribution is 2.24. The molecule has 2 aromatic heterocycles. The molecule has 0 bridgehead atoms. The molecule has 134 valence electrons. The second-order valence-electron chi connectivity index (χ2n) is 5.54. The summed E-state index contributed by atoms with van der Waals surface area (Å²) in [7, 11) is 0. The molecule has 0 aliphatic rings. The second-order valence-corrected chi connectivity index (χ2v) is 6.94. The molecule has 7 nitrogen and oxygen atoms in total. The summed E-state index contributed by atoms with van der Waals surface area (Å²) in [6, 6.07) is 16.6. The molecule has 9 heteroatoms. The first-order valence-electron chi connectivity index (χ1n) is 8.01. The Morgan fingerprint density at radius 2 is 1.96 bits per heavy atom. The van der Waals surface area contributed by atoms with E-state index in [-0.39, 0.29) is 11.7 Å². The molecule has 1 amide bonds. The maximum atomic E-state index is 12.2. The van der Waals surface area contributed by atoms with E-state index in [9.17, 15) is 4.79 Å². The second kappa shape index (κ2) is 7.73. The van der Waals surface area contributed by atoms with Crippen molar-refractivity contribution in [3.63, 3.8) is 0 Å². The van der Waals surface area contributed by atoms with Gasteiger partial charge >= 0.3 is 0 Å². The Bertz CT molecular complexity index is 1100. The van der Waals surface area contributed by atoms with E-state index in [1.54, 1.807) is 28.9 Å². The average molecular weight is 397 g/mol. The van der Waals surface area contributed by atoms with Crippen molar-refractivity contribution >= 4 is 46.1 Å². The number of hydrogen-bond donors (Lipinski definition) is 1. The third-order valence-electron chi connectivity index (χ3n) is 3.65. The van der Waals surface area contributed by atoms with E-state index in [2.05, 4.69) is 25.6 Å². The number of para-hydroxylation sites is 1. The summed E-state index contributed by atoms with van der Waals surface area (Å²) in [5, 5.41) is 12.3. The zero-order valence-electron chi connectivity index (χ0n) is 13.9. The van der Waals surface area contributed by atoms with Gasteiger partial charge < -0.3 is 5.32 Å². The molecule has 0 saturated carbocycles. The van der Waals surface area contributed by atoms with Crippen molar-refractivity contribution < 1.29 is 4.79 Å². The van der Waals surface area contributed by atoms with Gasteiger partial charge in [-0.25, -0.2) is 9.97 Å². The van der Waals surface area contributed by atoms with Crippen LogP contribution in [-0.2, 0) is 4.79 Å². The molecule has 2 heterocycles. The van der Waals surface area contributed by atoms with Crippen LogP contribution >= 0.6 is 23.4 Å². The topological polar surface area (TPSA) is 85.6 Å². The summed E-state index contributed by atoms with van der Waals surface area (Å²) in [6.07, 6.45) is 1.45. The summed E-state index contributed by atoms with van der Waals surface area (Å²) in [5.41, 5.74) is 2.65. The van der Waals surface area contributed by atoms with Gasteiger partial charge in [-0.3, -0.25) is 4.79 Å². The number of halogens is 1. The van der Waals surface area contributed by atoms with E-state index in [0.29, 0.717) is 26.9 Å². The van der Waals surface area contributed by atoms with Crippen molar-refractivity contribution in [2.75, 3.05) is 11.1 Å². The van der Waals surface area contributed by atoms with E-state index >= 15 is 0 Å². The summed E-state index contributed by atoms with van der Waals surface area (Å²) in [4.78, 5) is 20.7. The zero-order valence-corrected chi connectivity index (χ0v) is 15.5. The molecule has 27 heavy (non-hydrogen) atoms. The van der Waals surface area contributed by atoms with Gasteiger partial charge in [-0.2, -0.15) is 4.68 Å². The molecule has 0 saturated heterocycles. The monoisotopic (exact) mass is 396 g/mol. The molecule has 1 N–H and O–H groups in total. The molecule has 0 atom stereocenters. The SMILES string of the molecule is O=C(CSc1ncnc2c1nnn2-c1ccccc1)Nc1cccc(Cl)c1. The van der Waals surface area contributed by atoms with Gasteiger partial charge in [0.05, 0.1) is 11.4 Å². The number of hydrogen-bond acceptors (Lipinski definition) is 6. The van der Waals surface area contributed by atoms with Crippen LogP contribution in [0.3, 0.4) is 0 Å². The van der Waals surface area contributed by atoms with E-state index in [1.807, 2.05) is 30.3 Å². The van der Waals surface area contributed by atoms with Crippen molar-refractivity contribution in [2.24, 2.45) is 0 Å². The molecular formula is C18H13ClN6OS. The van der Waals surface area contributed by atoms with Crippen LogP contribution < -0.4 is 5.32 Å². The lowest BCUT2D eigenvalue weighted by atomic mass is 10.3. The minimum Gasteiger partial charge on any atom is -0.325 e. The Morgan fingerprint density at radius 1 is 1.11 bits per heavy atom. The lowest BCUT2D eigenvalue weighted by molar-refractivity contribution is -0.113. The normalized spacial score (nSPS) is 10.9. The number of nitrogens with one attached hydrogen (secondary N) is 1. The fourth-order valence-corrected chi connectivity index (χ4v) is 3.39. The van der Waals surface area contributed by atoms with Gasteiger partial charge in [-0.1, -0.05) is 52.8 Å². The lowest BCUT2D eigenvalue weighted by Crippen LogP contribution is -2.14. The summed E-state index contributed by atoms with van der Waals surface area (Å²) >= 11 is 7.21. The van der Waals surface area contributed by atoms with Gasteiger partial charge in [-0.05, 0) is 30.3 Å². The number of benzene rings is 2. The van der Waals surface area contributed by atoms with Crippen LogP contribution in [0.25, 0.3) is 16.9 Å². The first-order chi connectivity index (χ1) is 13.2. The van der Waals surface area contributed by atoms with Crippen molar-refractivity contribution in [3.05, 3.63) is 65.9 Å². The summed E-state index contributed by atoms with van der Waals surface area (Å²) in [6.45, 7) is 0. The molecule has 0 unspecified atom stereocenters. The van der Waals surface area contributed by atoms with Crippen molar-refractivity contribution in [1.29, 1.82) is 0 Å². The molecule has 0 spiro atoms. The fraction of sp³-hybridized carbons (Fsp3) is 0.0556. The maximum Gasteiger partial charge on any atom is 0.234 e. The van der Waals surface area contributed by atoms with Gasteiger partial charge in [0.15, 0.2) is 11.2 Å². The maximum absolute atomic E-state index is 12.2. The van der Waals surface area contributed by atoms with Gasteiger partial charge in [0, 0.05) is 10.7 Å². The summed E-state index contributed by atoms with van der Waals surface area (Å²) in [5.74, 6) is 0.0149.